The summed E-state index contributed by atoms with van der Waals surface area (Å²) in [5.41, 5.74) is 1.05. The molecule has 0 amide bonds. The summed E-state index contributed by atoms with van der Waals surface area (Å²) >= 11 is 3.40. The van der Waals surface area contributed by atoms with E-state index in [2.05, 4.69) is 37.7 Å². The number of aryl methyl sites for hydroxylation is 1. The van der Waals surface area contributed by atoms with Gasteiger partial charge in [-0.2, -0.15) is 0 Å². The quantitative estimate of drug-likeness (QED) is 0.509. The Morgan fingerprint density at radius 3 is 2.86 bits per heavy atom. The van der Waals surface area contributed by atoms with E-state index in [1.807, 2.05) is 24.5 Å². The van der Waals surface area contributed by atoms with Crippen molar-refractivity contribution >= 4 is 26.8 Å². The molecular formula is C10H10Br2N2. The van der Waals surface area contributed by atoms with Gasteiger partial charge in [0, 0.05) is 5.33 Å². The first-order chi connectivity index (χ1) is 6.40. The van der Waals surface area contributed by atoms with Crippen LogP contribution in [0.2, 0.25) is 0 Å². The number of fused-ring (bicyclic) bond motifs is 1. The Kier molecular flexibility index (Phi) is 4.48. The van der Waals surface area contributed by atoms with Crippen molar-refractivity contribution in [1.29, 1.82) is 0 Å². The van der Waals surface area contributed by atoms with Gasteiger partial charge in [-0.1, -0.05) is 28.1 Å². The first-order valence-electron chi connectivity index (χ1n) is 4.20. The number of halogens is 2. The number of hydrogen-bond donors (Lipinski definition) is 0. The predicted octanol–water partition coefficient (Wildman–Crippen LogP) is -1.08. The number of hydrogen-bond acceptors (Lipinski definition) is 1. The van der Waals surface area contributed by atoms with Crippen LogP contribution in [0.1, 0.15) is 0 Å². The molecule has 0 unspecified atom stereocenters. The molecule has 14 heavy (non-hydrogen) atoms. The summed E-state index contributed by atoms with van der Waals surface area (Å²) in [5.74, 6) is 0. The van der Waals surface area contributed by atoms with Crippen molar-refractivity contribution in [2.45, 2.75) is 6.54 Å². The van der Waals surface area contributed by atoms with Crippen LogP contribution >= 0.6 is 15.9 Å². The molecule has 2 rings (SSSR count). The summed E-state index contributed by atoms with van der Waals surface area (Å²) in [6, 6.07) is 8.13. The largest absolute Gasteiger partial charge is 1.00 e. The highest BCUT2D eigenvalue weighted by atomic mass is 79.9. The zero-order chi connectivity index (χ0) is 9.10. The van der Waals surface area contributed by atoms with Gasteiger partial charge in [-0.15, -0.1) is 0 Å². The lowest BCUT2D eigenvalue weighted by molar-refractivity contribution is -0.693. The fourth-order valence-corrected chi connectivity index (χ4v) is 1.69. The highest BCUT2D eigenvalue weighted by Gasteiger charge is 2.01. The van der Waals surface area contributed by atoms with Crippen molar-refractivity contribution in [3.8, 4) is 0 Å². The van der Waals surface area contributed by atoms with Crippen molar-refractivity contribution in [3.63, 3.8) is 0 Å². The highest BCUT2D eigenvalue weighted by Crippen LogP contribution is 2.06. The minimum atomic E-state index is 0. The zero-order valence-electron chi connectivity index (χ0n) is 7.53. The fraction of sp³-hybridized carbons (Fsp3) is 0.200. The molecule has 0 atom stereocenters. The maximum absolute atomic E-state index is 4.34. The maximum atomic E-state index is 4.34. The smallest absolute Gasteiger partial charge is 0.286 e. The minimum Gasteiger partial charge on any atom is -1.00 e. The molecule has 0 bridgehead atoms. The molecule has 0 aliphatic heterocycles. The van der Waals surface area contributed by atoms with Crippen LogP contribution in [0.15, 0.2) is 36.8 Å². The molecule has 0 saturated heterocycles. The second-order valence-electron chi connectivity index (χ2n) is 2.86. The average Bonchev–Trinajstić information content (AvgIpc) is 2.18. The van der Waals surface area contributed by atoms with E-state index in [0.29, 0.717) is 0 Å². The topological polar surface area (TPSA) is 16.8 Å². The Hall–Kier alpha value is -0.480. The van der Waals surface area contributed by atoms with Crippen LogP contribution in [0.3, 0.4) is 0 Å². The van der Waals surface area contributed by atoms with Gasteiger partial charge in [0.1, 0.15) is 6.20 Å². The average molecular weight is 318 g/mol. The third kappa shape index (κ3) is 2.51. The van der Waals surface area contributed by atoms with Crippen molar-refractivity contribution in [2.75, 3.05) is 5.33 Å². The van der Waals surface area contributed by atoms with Gasteiger partial charge in [0.05, 0.1) is 11.9 Å². The Morgan fingerprint density at radius 2 is 2.07 bits per heavy atom. The summed E-state index contributed by atoms with van der Waals surface area (Å²) in [5, 5.41) is 2.14. The van der Waals surface area contributed by atoms with E-state index in [0.717, 1.165) is 17.4 Å². The third-order valence-electron chi connectivity index (χ3n) is 1.93. The van der Waals surface area contributed by atoms with Gasteiger partial charge in [-0.25, -0.2) is 4.57 Å². The van der Waals surface area contributed by atoms with E-state index in [4.69, 9.17) is 0 Å². The number of alkyl halides is 1. The molecule has 1 aromatic heterocycles. The Morgan fingerprint density at radius 1 is 1.29 bits per heavy atom. The Bertz CT molecular complexity index is 418. The zero-order valence-corrected chi connectivity index (χ0v) is 10.7. The lowest BCUT2D eigenvalue weighted by atomic mass is 10.2. The Labute approximate surface area is 102 Å². The van der Waals surface area contributed by atoms with Crippen LogP contribution in [0.5, 0.6) is 0 Å². The van der Waals surface area contributed by atoms with Gasteiger partial charge in [0.2, 0.25) is 0 Å². The number of aromatic nitrogens is 2. The first kappa shape index (κ1) is 11.6. The van der Waals surface area contributed by atoms with Crippen LogP contribution in [0.25, 0.3) is 10.9 Å². The molecule has 4 heteroatoms. The maximum Gasteiger partial charge on any atom is 0.286 e. The van der Waals surface area contributed by atoms with Gasteiger partial charge in [0.25, 0.3) is 6.33 Å². The SMILES string of the molecule is BrCC[n+]1cnc2ccccc2c1.[Br-]. The first-order valence-corrected chi connectivity index (χ1v) is 5.32. The molecule has 0 spiro atoms. The Balaban J connectivity index is 0.000000980. The molecular weight excluding hydrogens is 308 g/mol. The molecule has 2 aromatic rings. The van der Waals surface area contributed by atoms with E-state index in [1.165, 1.54) is 5.39 Å². The highest BCUT2D eigenvalue weighted by molar-refractivity contribution is 9.09. The summed E-state index contributed by atoms with van der Waals surface area (Å²) in [6.07, 6.45) is 3.98. The monoisotopic (exact) mass is 316 g/mol. The van der Waals surface area contributed by atoms with Gasteiger partial charge < -0.3 is 17.0 Å². The van der Waals surface area contributed by atoms with E-state index in [-0.39, 0.29) is 17.0 Å². The lowest BCUT2D eigenvalue weighted by Crippen LogP contribution is -3.00. The minimum absolute atomic E-state index is 0. The number of para-hydroxylation sites is 1. The molecule has 2 nitrogen and oxygen atoms in total. The summed E-state index contributed by atoms with van der Waals surface area (Å²) in [6.45, 7) is 0.956. The van der Waals surface area contributed by atoms with Crippen LogP contribution in [0, 0.1) is 0 Å². The third-order valence-corrected chi connectivity index (χ3v) is 2.28. The summed E-state index contributed by atoms with van der Waals surface area (Å²) in [4.78, 5) is 4.34. The summed E-state index contributed by atoms with van der Waals surface area (Å²) < 4.78 is 2.08. The second-order valence-corrected chi connectivity index (χ2v) is 3.65. The standard InChI is InChI=1S/C10H10BrN2.BrH/c11-5-6-13-7-9-3-1-2-4-10(9)12-8-13;/h1-4,7-8H,5-6H2;1H/q+1;/p-1. The van der Waals surface area contributed by atoms with Gasteiger partial charge >= 0.3 is 0 Å². The van der Waals surface area contributed by atoms with Crippen LogP contribution < -0.4 is 21.5 Å². The van der Waals surface area contributed by atoms with E-state index < -0.39 is 0 Å². The van der Waals surface area contributed by atoms with E-state index in [9.17, 15) is 0 Å². The molecule has 1 aromatic carbocycles. The van der Waals surface area contributed by atoms with Crippen LogP contribution in [-0.4, -0.2) is 10.3 Å². The van der Waals surface area contributed by atoms with Crippen molar-refractivity contribution in [1.82, 2.24) is 4.98 Å². The molecule has 0 N–H and O–H groups in total. The predicted molar refractivity (Wildman–Crippen MR) is 55.7 cm³/mol. The molecule has 0 aliphatic carbocycles. The molecule has 0 saturated carbocycles. The van der Waals surface area contributed by atoms with Crippen LogP contribution in [-0.2, 0) is 6.54 Å². The van der Waals surface area contributed by atoms with Crippen molar-refractivity contribution in [2.24, 2.45) is 0 Å². The van der Waals surface area contributed by atoms with Gasteiger partial charge in [-0.3, -0.25) is 0 Å². The second kappa shape index (κ2) is 5.41. The lowest BCUT2D eigenvalue weighted by Gasteiger charge is -1.95. The molecule has 0 fully saturated rings. The molecule has 0 radical (unpaired) electrons. The molecule has 1 heterocycles. The van der Waals surface area contributed by atoms with Gasteiger partial charge in [-0.05, 0) is 17.1 Å². The van der Waals surface area contributed by atoms with Crippen molar-refractivity contribution < 1.29 is 21.5 Å². The van der Waals surface area contributed by atoms with E-state index in [1.54, 1.807) is 0 Å². The summed E-state index contributed by atoms with van der Waals surface area (Å²) in [7, 11) is 0. The van der Waals surface area contributed by atoms with Crippen LogP contribution in [0.4, 0.5) is 0 Å². The molecule has 0 aliphatic rings. The van der Waals surface area contributed by atoms with Crippen molar-refractivity contribution in [3.05, 3.63) is 36.8 Å². The van der Waals surface area contributed by atoms with Gasteiger partial charge in [0.15, 0.2) is 5.52 Å². The van der Waals surface area contributed by atoms with E-state index >= 15 is 0 Å². The normalized spacial score (nSPS) is 9.79. The number of nitrogens with zero attached hydrogens (tertiary/aromatic N) is 2. The molecule has 74 valence electrons. The fourth-order valence-electron chi connectivity index (χ4n) is 1.28. The number of benzene rings is 1. The number of rotatable bonds is 2.